The number of hydrogen-bond acceptors (Lipinski definition) is 8. The molecule has 12 heteroatoms. The number of halogens is 1. The lowest BCUT2D eigenvalue weighted by molar-refractivity contribution is -0.380. The summed E-state index contributed by atoms with van der Waals surface area (Å²) in [5.41, 5.74) is 0.832. The molecular formula is C20H22FN5O5S. The summed E-state index contributed by atoms with van der Waals surface area (Å²) < 4.78 is 20.1. The third kappa shape index (κ3) is 4.59. The van der Waals surface area contributed by atoms with E-state index in [0.29, 0.717) is 37.6 Å². The first kappa shape index (κ1) is 21.8. The summed E-state index contributed by atoms with van der Waals surface area (Å²) >= 11 is 1.13. The molecule has 10 nitrogen and oxygen atoms in total. The van der Waals surface area contributed by atoms with Crippen LogP contribution in [0.15, 0.2) is 30.3 Å². The molecule has 2 aliphatic rings. The van der Waals surface area contributed by atoms with E-state index in [-0.39, 0.29) is 24.0 Å². The Morgan fingerprint density at radius 1 is 1.25 bits per heavy atom. The van der Waals surface area contributed by atoms with Gasteiger partial charge in [0.05, 0.1) is 34.4 Å². The lowest BCUT2D eigenvalue weighted by Crippen LogP contribution is -2.46. The summed E-state index contributed by atoms with van der Waals surface area (Å²) in [4.78, 5) is 39.0. The van der Waals surface area contributed by atoms with Crippen LogP contribution in [0.25, 0.3) is 0 Å². The van der Waals surface area contributed by atoms with Gasteiger partial charge in [0, 0.05) is 39.2 Å². The first-order valence-electron chi connectivity index (χ1n) is 10.1. The predicted molar refractivity (Wildman–Crippen MR) is 118 cm³/mol. The van der Waals surface area contributed by atoms with E-state index in [1.165, 1.54) is 24.0 Å². The first-order chi connectivity index (χ1) is 15.3. The second-order valence-corrected chi connectivity index (χ2v) is 8.57. The topological polar surface area (TPSA) is 108 Å². The van der Waals surface area contributed by atoms with Crippen molar-refractivity contribution in [2.45, 2.75) is 13.0 Å². The second kappa shape index (κ2) is 8.99. The van der Waals surface area contributed by atoms with Crippen molar-refractivity contribution in [2.75, 3.05) is 54.0 Å². The van der Waals surface area contributed by atoms with Crippen molar-refractivity contribution in [3.05, 3.63) is 46.3 Å². The van der Waals surface area contributed by atoms with Crippen molar-refractivity contribution in [3.8, 4) is 0 Å². The normalized spacial score (nSPS) is 18.6. The molecule has 0 saturated carbocycles. The van der Waals surface area contributed by atoms with E-state index in [4.69, 9.17) is 4.74 Å². The van der Waals surface area contributed by atoms with Crippen LogP contribution in [0.2, 0.25) is 0 Å². The third-order valence-electron chi connectivity index (χ3n) is 5.39. The summed E-state index contributed by atoms with van der Waals surface area (Å²) in [5.74, 6) is -0.659. The molecule has 0 aliphatic carbocycles. The van der Waals surface area contributed by atoms with E-state index in [0.717, 1.165) is 16.3 Å². The van der Waals surface area contributed by atoms with E-state index < -0.39 is 22.9 Å². The van der Waals surface area contributed by atoms with Crippen LogP contribution in [0.3, 0.4) is 0 Å². The number of nitro groups is 1. The molecule has 2 aromatic rings. The largest absolute Gasteiger partial charge is 0.442 e. The monoisotopic (exact) mass is 463 g/mol. The number of nitrogens with zero attached hydrogens (tertiary/aromatic N) is 4. The van der Waals surface area contributed by atoms with E-state index in [1.54, 1.807) is 18.2 Å². The average Bonchev–Trinajstić information content (AvgIpc) is 3.39. The molecule has 170 valence electrons. The maximum atomic E-state index is 14.9. The zero-order valence-corrected chi connectivity index (χ0v) is 18.1. The van der Waals surface area contributed by atoms with Gasteiger partial charge in [-0.2, -0.15) is 0 Å². The predicted octanol–water partition coefficient (Wildman–Crippen LogP) is 2.58. The Morgan fingerprint density at radius 3 is 2.59 bits per heavy atom. The summed E-state index contributed by atoms with van der Waals surface area (Å²) in [6, 6.07) is 7.86. The maximum Gasteiger partial charge on any atom is 0.414 e. The minimum atomic E-state index is -0.578. The Hall–Kier alpha value is -3.41. The van der Waals surface area contributed by atoms with Gasteiger partial charge in [-0.25, -0.2) is 9.18 Å². The number of piperazine rings is 1. The number of amides is 2. The SMILES string of the molecule is CC(=O)NC[C@H]1CN(c2ccc(N3CCN(c4ccc([N+](=O)[O-])s4)CC3)c(F)c2)C(=O)O1. The smallest absolute Gasteiger partial charge is 0.414 e. The van der Waals surface area contributed by atoms with Gasteiger partial charge in [-0.15, -0.1) is 0 Å². The highest BCUT2D eigenvalue weighted by molar-refractivity contribution is 7.19. The molecule has 4 rings (SSSR count). The van der Waals surface area contributed by atoms with Crippen LogP contribution in [-0.4, -0.2) is 62.3 Å². The summed E-state index contributed by atoms with van der Waals surface area (Å²) in [6.07, 6.45) is -1.07. The van der Waals surface area contributed by atoms with E-state index >= 15 is 0 Å². The summed E-state index contributed by atoms with van der Waals surface area (Å²) in [5, 5.41) is 14.4. The highest BCUT2D eigenvalue weighted by atomic mass is 32.1. The number of rotatable bonds is 6. The number of benzene rings is 1. The minimum Gasteiger partial charge on any atom is -0.442 e. The van der Waals surface area contributed by atoms with Gasteiger partial charge in [-0.1, -0.05) is 0 Å². The number of anilines is 3. The lowest BCUT2D eigenvalue weighted by Gasteiger charge is -2.36. The molecule has 0 bridgehead atoms. The zero-order chi connectivity index (χ0) is 22.8. The molecule has 2 fully saturated rings. The van der Waals surface area contributed by atoms with Gasteiger partial charge in [0.25, 0.3) is 0 Å². The fourth-order valence-electron chi connectivity index (χ4n) is 3.77. The van der Waals surface area contributed by atoms with Crippen molar-refractivity contribution in [2.24, 2.45) is 0 Å². The maximum absolute atomic E-state index is 14.9. The zero-order valence-electron chi connectivity index (χ0n) is 17.3. The van der Waals surface area contributed by atoms with Crippen LogP contribution in [0, 0.1) is 15.9 Å². The van der Waals surface area contributed by atoms with Gasteiger partial charge >= 0.3 is 11.1 Å². The third-order valence-corrected chi connectivity index (χ3v) is 6.48. The van der Waals surface area contributed by atoms with Gasteiger partial charge in [0.2, 0.25) is 5.91 Å². The summed E-state index contributed by atoms with van der Waals surface area (Å²) in [6.45, 7) is 4.16. The number of nitrogens with one attached hydrogen (secondary N) is 1. The molecule has 0 radical (unpaired) electrons. The van der Waals surface area contributed by atoms with Crippen molar-refractivity contribution >= 4 is 44.7 Å². The van der Waals surface area contributed by atoms with E-state index in [2.05, 4.69) is 10.2 Å². The Kier molecular flexibility index (Phi) is 6.12. The van der Waals surface area contributed by atoms with Gasteiger partial charge in [0.15, 0.2) is 0 Å². The fraction of sp³-hybridized carbons (Fsp3) is 0.400. The molecule has 2 amide bonds. The van der Waals surface area contributed by atoms with Crippen molar-refractivity contribution in [1.82, 2.24) is 5.32 Å². The molecular weight excluding hydrogens is 441 g/mol. The van der Waals surface area contributed by atoms with Crippen LogP contribution in [0.5, 0.6) is 0 Å². The minimum absolute atomic E-state index is 0.101. The number of carbonyl (C=O) groups excluding carboxylic acids is 2. The molecule has 0 spiro atoms. The highest BCUT2D eigenvalue weighted by Gasteiger charge is 2.33. The van der Waals surface area contributed by atoms with Gasteiger partial charge in [-0.3, -0.25) is 19.8 Å². The summed E-state index contributed by atoms with van der Waals surface area (Å²) in [7, 11) is 0. The quantitative estimate of drug-likeness (QED) is 0.518. The number of carbonyl (C=O) groups is 2. The van der Waals surface area contributed by atoms with Gasteiger partial charge in [0.1, 0.15) is 11.9 Å². The molecule has 1 aromatic heterocycles. The first-order valence-corrected chi connectivity index (χ1v) is 10.9. The van der Waals surface area contributed by atoms with Crippen LogP contribution in [0.4, 0.5) is 30.6 Å². The second-order valence-electron chi connectivity index (χ2n) is 7.53. The standard InChI is InChI=1S/C20H22FN5O5S/c1-13(27)22-11-15-12-25(20(28)31-15)14-2-3-17(16(21)10-14)23-6-8-24(9-7-23)18-4-5-19(32-18)26(29)30/h2-5,10,15H,6-9,11-12H2,1H3,(H,22,27)/t15-/m0/s1. The average molecular weight is 463 g/mol. The van der Waals surface area contributed by atoms with Crippen LogP contribution in [-0.2, 0) is 9.53 Å². The van der Waals surface area contributed by atoms with Crippen molar-refractivity contribution in [1.29, 1.82) is 0 Å². The van der Waals surface area contributed by atoms with Crippen molar-refractivity contribution in [3.63, 3.8) is 0 Å². The number of thiophene rings is 1. The van der Waals surface area contributed by atoms with E-state index in [9.17, 15) is 24.1 Å². The molecule has 1 atom stereocenters. The molecule has 0 unspecified atom stereocenters. The molecule has 2 saturated heterocycles. The molecule has 2 aliphatic heterocycles. The van der Waals surface area contributed by atoms with Crippen LogP contribution in [0.1, 0.15) is 6.92 Å². The number of hydrogen-bond donors (Lipinski definition) is 1. The van der Waals surface area contributed by atoms with Gasteiger partial charge < -0.3 is 19.9 Å². The van der Waals surface area contributed by atoms with Crippen LogP contribution < -0.4 is 20.0 Å². The van der Waals surface area contributed by atoms with Crippen LogP contribution >= 0.6 is 11.3 Å². The fourth-order valence-corrected chi connectivity index (χ4v) is 4.64. The molecule has 1 aromatic carbocycles. The Balaban J connectivity index is 1.38. The lowest BCUT2D eigenvalue weighted by atomic mass is 10.2. The van der Waals surface area contributed by atoms with Crippen molar-refractivity contribution < 1.29 is 23.6 Å². The number of cyclic esters (lactones) is 1. The Bertz CT molecular complexity index is 1040. The Labute approximate surface area is 187 Å². The highest BCUT2D eigenvalue weighted by Crippen LogP contribution is 2.33. The van der Waals surface area contributed by atoms with Gasteiger partial charge in [-0.05, 0) is 35.6 Å². The Morgan fingerprint density at radius 2 is 1.97 bits per heavy atom. The molecule has 3 heterocycles. The molecule has 1 N–H and O–H groups in total. The molecule has 32 heavy (non-hydrogen) atoms. The number of ether oxygens (including phenoxy) is 1. The van der Waals surface area contributed by atoms with E-state index in [1.807, 2.05) is 4.90 Å².